The summed E-state index contributed by atoms with van der Waals surface area (Å²) in [6.45, 7) is 2.15. The van der Waals surface area contributed by atoms with Crippen LogP contribution in [0.2, 0.25) is 5.02 Å². The molecule has 0 saturated heterocycles. The van der Waals surface area contributed by atoms with Gasteiger partial charge in [0.05, 0.1) is 30.4 Å². The topological polar surface area (TPSA) is 89.1 Å². The Hall–Kier alpha value is -2.03. The number of methoxy groups -OCH3 is 2. The van der Waals surface area contributed by atoms with Gasteiger partial charge in [-0.25, -0.2) is 4.79 Å². The number of hydrogen-bond acceptors (Lipinski definition) is 6. The number of allylic oxidation sites excluding steroid dienone is 1. The van der Waals surface area contributed by atoms with Gasteiger partial charge in [0.15, 0.2) is 16.6 Å². The minimum atomic E-state index is -0.601. The number of hydrogen-bond donors (Lipinski definition) is 3. The lowest BCUT2D eigenvalue weighted by molar-refractivity contribution is -0.140. The molecule has 0 aromatic heterocycles. The van der Waals surface area contributed by atoms with Gasteiger partial charge in [0, 0.05) is 12.8 Å². The fourth-order valence-electron chi connectivity index (χ4n) is 2.43. The van der Waals surface area contributed by atoms with E-state index in [0.29, 0.717) is 28.6 Å². The first kappa shape index (κ1) is 19.3. The fraction of sp³-hybridized carbons (Fsp3) is 0.375. The van der Waals surface area contributed by atoms with Crippen molar-refractivity contribution >= 4 is 34.9 Å². The molecule has 2 rings (SSSR count). The first-order valence-electron chi connectivity index (χ1n) is 7.39. The van der Waals surface area contributed by atoms with Gasteiger partial charge in [0.25, 0.3) is 0 Å². The van der Waals surface area contributed by atoms with Gasteiger partial charge < -0.3 is 30.0 Å². The van der Waals surface area contributed by atoms with Gasteiger partial charge in [-0.2, -0.15) is 0 Å². The molecule has 3 N–H and O–H groups in total. The molecule has 1 aliphatic rings. The molecule has 9 heteroatoms. The Morgan fingerprint density at radius 2 is 2.08 bits per heavy atom. The number of phenols is 1. The van der Waals surface area contributed by atoms with E-state index in [0.717, 1.165) is 0 Å². The van der Waals surface area contributed by atoms with Crippen molar-refractivity contribution < 1.29 is 24.1 Å². The molecule has 0 fully saturated rings. The van der Waals surface area contributed by atoms with Gasteiger partial charge in [-0.05, 0) is 36.8 Å². The summed E-state index contributed by atoms with van der Waals surface area (Å²) in [5, 5.41) is 16.3. The second-order valence-corrected chi connectivity index (χ2v) is 6.07. The Morgan fingerprint density at radius 1 is 1.36 bits per heavy atom. The molecule has 136 valence electrons. The summed E-state index contributed by atoms with van der Waals surface area (Å²) in [5.41, 5.74) is 1.52. The molecule has 0 aliphatic carbocycles. The fourth-order valence-corrected chi connectivity index (χ4v) is 2.92. The predicted octanol–water partition coefficient (Wildman–Crippen LogP) is 2.04. The van der Waals surface area contributed by atoms with Crippen LogP contribution in [0.3, 0.4) is 0 Å². The number of nitrogens with one attached hydrogen (secondary N) is 2. The van der Waals surface area contributed by atoms with Gasteiger partial charge in [-0.1, -0.05) is 11.6 Å². The van der Waals surface area contributed by atoms with Crippen LogP contribution in [0.15, 0.2) is 23.4 Å². The number of phenolic OH excluding ortho intramolecular Hbond substituents is 1. The van der Waals surface area contributed by atoms with Crippen molar-refractivity contribution in [1.82, 2.24) is 10.6 Å². The first-order valence-corrected chi connectivity index (χ1v) is 8.18. The molecule has 1 heterocycles. The lowest BCUT2D eigenvalue weighted by Crippen LogP contribution is -2.45. The monoisotopic (exact) mass is 386 g/mol. The molecule has 0 unspecified atom stereocenters. The summed E-state index contributed by atoms with van der Waals surface area (Å²) in [6.07, 6.45) is 0. The zero-order valence-corrected chi connectivity index (χ0v) is 15.6. The molecule has 0 amide bonds. The van der Waals surface area contributed by atoms with Gasteiger partial charge in [-0.3, -0.25) is 0 Å². The summed E-state index contributed by atoms with van der Waals surface area (Å²) in [4.78, 5) is 12.5. The molecule has 25 heavy (non-hydrogen) atoms. The second kappa shape index (κ2) is 8.37. The van der Waals surface area contributed by atoms with Crippen LogP contribution in [0.1, 0.15) is 18.5 Å². The van der Waals surface area contributed by atoms with E-state index < -0.39 is 12.0 Å². The van der Waals surface area contributed by atoms with Crippen LogP contribution in [-0.2, 0) is 14.3 Å². The third kappa shape index (κ3) is 4.33. The third-order valence-corrected chi connectivity index (χ3v) is 4.12. The molecule has 0 bridgehead atoms. The van der Waals surface area contributed by atoms with Gasteiger partial charge >= 0.3 is 5.97 Å². The first-order chi connectivity index (χ1) is 11.9. The standard InChI is InChI=1S/C16H19ClN2O5S/c1-8-12(15(21)24-5-4-22-2)13(19-16(25)18-8)9-6-10(17)14(20)11(7-9)23-3/h6-7,13,20H,4-5H2,1-3H3,(H2,18,19,25)/t13-/m0/s1. The summed E-state index contributed by atoms with van der Waals surface area (Å²) in [5.74, 6) is -0.488. The predicted molar refractivity (Wildman–Crippen MR) is 96.8 cm³/mol. The van der Waals surface area contributed by atoms with Crippen molar-refractivity contribution in [3.8, 4) is 11.5 Å². The molecule has 7 nitrogen and oxygen atoms in total. The van der Waals surface area contributed by atoms with Crippen molar-refractivity contribution in [1.29, 1.82) is 0 Å². The van der Waals surface area contributed by atoms with E-state index in [-0.39, 0.29) is 23.1 Å². The maximum absolute atomic E-state index is 12.5. The van der Waals surface area contributed by atoms with Crippen LogP contribution in [0.4, 0.5) is 0 Å². The summed E-state index contributed by atoms with van der Waals surface area (Å²) < 4.78 is 15.2. The molecular formula is C16H19ClN2O5S. The Bertz CT molecular complexity index is 723. The van der Waals surface area contributed by atoms with Crippen LogP contribution in [0, 0.1) is 0 Å². The third-order valence-electron chi connectivity index (χ3n) is 3.61. The van der Waals surface area contributed by atoms with E-state index in [1.807, 2.05) is 0 Å². The molecule has 1 aliphatic heterocycles. The van der Waals surface area contributed by atoms with E-state index in [4.69, 9.17) is 38.0 Å². The normalized spacial score (nSPS) is 17.0. The maximum Gasteiger partial charge on any atom is 0.338 e. The van der Waals surface area contributed by atoms with E-state index in [1.54, 1.807) is 19.1 Å². The van der Waals surface area contributed by atoms with Crippen molar-refractivity contribution in [2.45, 2.75) is 13.0 Å². The van der Waals surface area contributed by atoms with Crippen molar-refractivity contribution in [2.24, 2.45) is 0 Å². The highest BCUT2D eigenvalue weighted by Crippen LogP contribution is 2.39. The largest absolute Gasteiger partial charge is 0.503 e. The van der Waals surface area contributed by atoms with Crippen LogP contribution in [-0.4, -0.2) is 43.6 Å². The number of benzene rings is 1. The highest BCUT2D eigenvalue weighted by Gasteiger charge is 2.32. The van der Waals surface area contributed by atoms with Crippen molar-refractivity contribution in [3.05, 3.63) is 34.0 Å². The molecule has 1 aromatic carbocycles. The van der Waals surface area contributed by atoms with Crippen LogP contribution < -0.4 is 15.4 Å². The van der Waals surface area contributed by atoms with Crippen LogP contribution >= 0.6 is 23.8 Å². The molecule has 0 saturated carbocycles. The second-order valence-electron chi connectivity index (χ2n) is 5.25. The average Bonchev–Trinajstić information content (AvgIpc) is 2.56. The number of halogens is 1. The summed E-state index contributed by atoms with van der Waals surface area (Å²) in [7, 11) is 2.94. The van der Waals surface area contributed by atoms with E-state index in [9.17, 15) is 9.90 Å². The summed E-state index contributed by atoms with van der Waals surface area (Å²) >= 11 is 11.2. The van der Waals surface area contributed by atoms with Crippen molar-refractivity contribution in [2.75, 3.05) is 27.4 Å². The minimum Gasteiger partial charge on any atom is -0.503 e. The number of esters is 1. The number of thiocarbonyl (C=S) groups is 1. The molecule has 1 aromatic rings. The zero-order valence-electron chi connectivity index (χ0n) is 14.0. The van der Waals surface area contributed by atoms with Crippen molar-refractivity contribution in [3.63, 3.8) is 0 Å². The number of aromatic hydroxyl groups is 1. The number of carbonyl (C=O) groups excluding carboxylic acids is 1. The smallest absolute Gasteiger partial charge is 0.338 e. The van der Waals surface area contributed by atoms with Gasteiger partial charge in [0.1, 0.15) is 6.61 Å². The maximum atomic E-state index is 12.5. The molecule has 0 spiro atoms. The summed E-state index contributed by atoms with van der Waals surface area (Å²) in [6, 6.07) is 2.53. The quantitative estimate of drug-likeness (QED) is 0.389. The van der Waals surface area contributed by atoms with Crippen LogP contribution in [0.5, 0.6) is 11.5 Å². The average molecular weight is 387 g/mol. The van der Waals surface area contributed by atoms with E-state index in [1.165, 1.54) is 14.2 Å². The molecular weight excluding hydrogens is 368 g/mol. The number of rotatable bonds is 6. The Kier molecular flexibility index (Phi) is 6.46. The Balaban J connectivity index is 2.42. The highest BCUT2D eigenvalue weighted by atomic mass is 35.5. The number of ether oxygens (including phenoxy) is 3. The van der Waals surface area contributed by atoms with E-state index >= 15 is 0 Å². The lowest BCUT2D eigenvalue weighted by Gasteiger charge is -2.30. The zero-order chi connectivity index (χ0) is 18.6. The molecule has 0 radical (unpaired) electrons. The SMILES string of the molecule is COCCOC(=O)C1=C(C)NC(=S)N[C@H]1c1cc(Cl)c(O)c(OC)c1. The van der Waals surface area contributed by atoms with Gasteiger partial charge in [-0.15, -0.1) is 0 Å². The van der Waals surface area contributed by atoms with Crippen LogP contribution in [0.25, 0.3) is 0 Å². The highest BCUT2D eigenvalue weighted by molar-refractivity contribution is 7.80. The van der Waals surface area contributed by atoms with E-state index in [2.05, 4.69) is 10.6 Å². The van der Waals surface area contributed by atoms with Gasteiger partial charge in [0.2, 0.25) is 0 Å². The Labute approximate surface area is 155 Å². The number of carbonyl (C=O) groups is 1. The Morgan fingerprint density at radius 3 is 2.72 bits per heavy atom. The molecule has 1 atom stereocenters. The lowest BCUT2D eigenvalue weighted by atomic mass is 9.95. The minimum absolute atomic E-state index is 0.102.